The van der Waals surface area contributed by atoms with Gasteiger partial charge in [-0.3, -0.25) is 9.48 Å². The Balaban J connectivity index is 2.27. The van der Waals surface area contributed by atoms with Crippen molar-refractivity contribution in [3.05, 3.63) is 41.2 Å². The van der Waals surface area contributed by atoms with Gasteiger partial charge in [-0.1, -0.05) is 0 Å². The summed E-state index contributed by atoms with van der Waals surface area (Å²) in [7, 11) is 1.77. The molecule has 0 spiro atoms. The van der Waals surface area contributed by atoms with Crippen LogP contribution in [0, 0.1) is 13.8 Å². The fourth-order valence-electron chi connectivity index (χ4n) is 1.92. The minimum atomic E-state index is -0.168. The number of benzene rings is 1. The van der Waals surface area contributed by atoms with Crippen LogP contribution < -0.4 is 11.1 Å². The van der Waals surface area contributed by atoms with Gasteiger partial charge in [-0.25, -0.2) is 0 Å². The van der Waals surface area contributed by atoms with Crippen molar-refractivity contribution in [3.63, 3.8) is 0 Å². The molecule has 0 fully saturated rings. The fourth-order valence-corrected chi connectivity index (χ4v) is 1.92. The van der Waals surface area contributed by atoms with Crippen LogP contribution in [0.5, 0.6) is 0 Å². The standard InChI is InChI=1S/C13H16N4O/c1-8-4-11(14)5-9(2)12(8)16-13(18)10-6-15-17(3)7-10/h4-7H,14H2,1-3H3,(H,16,18). The lowest BCUT2D eigenvalue weighted by Crippen LogP contribution is -2.13. The summed E-state index contributed by atoms with van der Waals surface area (Å²) in [5, 5.41) is 6.86. The van der Waals surface area contributed by atoms with Gasteiger partial charge in [0, 0.05) is 24.6 Å². The van der Waals surface area contributed by atoms with Crippen LogP contribution in [-0.2, 0) is 7.05 Å². The van der Waals surface area contributed by atoms with Gasteiger partial charge in [-0.2, -0.15) is 5.10 Å². The molecule has 2 aromatic rings. The molecule has 1 aromatic heterocycles. The average Bonchev–Trinajstić information content (AvgIpc) is 2.70. The molecule has 0 radical (unpaired) electrons. The van der Waals surface area contributed by atoms with Crippen molar-refractivity contribution in [3.8, 4) is 0 Å². The minimum Gasteiger partial charge on any atom is -0.399 e. The molecule has 18 heavy (non-hydrogen) atoms. The highest BCUT2D eigenvalue weighted by Crippen LogP contribution is 2.23. The van der Waals surface area contributed by atoms with Gasteiger partial charge in [0.15, 0.2) is 0 Å². The molecule has 0 aliphatic carbocycles. The van der Waals surface area contributed by atoms with Gasteiger partial charge in [0.05, 0.1) is 11.8 Å². The number of nitrogens with zero attached hydrogens (tertiary/aromatic N) is 2. The summed E-state index contributed by atoms with van der Waals surface area (Å²) in [5.74, 6) is -0.168. The van der Waals surface area contributed by atoms with Crippen molar-refractivity contribution in [2.24, 2.45) is 7.05 Å². The number of hydrogen-bond acceptors (Lipinski definition) is 3. The van der Waals surface area contributed by atoms with E-state index < -0.39 is 0 Å². The van der Waals surface area contributed by atoms with Gasteiger partial charge in [0.1, 0.15) is 0 Å². The average molecular weight is 244 g/mol. The predicted octanol–water partition coefficient (Wildman–Crippen LogP) is 1.87. The lowest BCUT2D eigenvalue weighted by Gasteiger charge is -2.11. The Morgan fingerprint density at radius 3 is 2.44 bits per heavy atom. The zero-order valence-corrected chi connectivity index (χ0v) is 10.7. The monoisotopic (exact) mass is 244 g/mol. The van der Waals surface area contributed by atoms with Gasteiger partial charge in [-0.15, -0.1) is 0 Å². The molecule has 0 atom stereocenters. The number of carbonyl (C=O) groups is 1. The van der Waals surface area contributed by atoms with Gasteiger partial charge >= 0.3 is 0 Å². The molecule has 1 aromatic carbocycles. The van der Waals surface area contributed by atoms with Crippen LogP contribution in [-0.4, -0.2) is 15.7 Å². The number of anilines is 2. The first kappa shape index (κ1) is 12.2. The summed E-state index contributed by atoms with van der Waals surface area (Å²) in [6.45, 7) is 3.84. The Morgan fingerprint density at radius 1 is 1.33 bits per heavy atom. The first-order valence-corrected chi connectivity index (χ1v) is 5.64. The molecule has 2 rings (SSSR count). The molecule has 1 heterocycles. The van der Waals surface area contributed by atoms with E-state index in [4.69, 9.17) is 5.73 Å². The largest absolute Gasteiger partial charge is 0.399 e. The molecule has 3 N–H and O–H groups in total. The Kier molecular flexibility index (Phi) is 3.06. The number of aryl methyl sites for hydroxylation is 3. The lowest BCUT2D eigenvalue weighted by atomic mass is 10.1. The topological polar surface area (TPSA) is 72.9 Å². The number of rotatable bonds is 2. The van der Waals surface area contributed by atoms with E-state index in [1.807, 2.05) is 26.0 Å². The molecule has 0 aliphatic heterocycles. The van der Waals surface area contributed by atoms with E-state index >= 15 is 0 Å². The summed E-state index contributed by atoms with van der Waals surface area (Å²) in [6, 6.07) is 3.68. The van der Waals surface area contributed by atoms with Crippen LogP contribution in [0.25, 0.3) is 0 Å². The number of nitrogen functional groups attached to an aromatic ring is 1. The van der Waals surface area contributed by atoms with Gasteiger partial charge < -0.3 is 11.1 Å². The van der Waals surface area contributed by atoms with Crippen molar-refractivity contribution in [2.75, 3.05) is 11.1 Å². The molecule has 0 unspecified atom stereocenters. The minimum absolute atomic E-state index is 0.168. The lowest BCUT2D eigenvalue weighted by molar-refractivity contribution is 0.102. The maximum atomic E-state index is 12.0. The molecule has 0 aliphatic rings. The highest BCUT2D eigenvalue weighted by atomic mass is 16.1. The van der Waals surface area contributed by atoms with E-state index in [9.17, 15) is 4.79 Å². The van der Waals surface area contributed by atoms with Crippen LogP contribution in [0.1, 0.15) is 21.5 Å². The smallest absolute Gasteiger partial charge is 0.258 e. The molecular weight excluding hydrogens is 228 g/mol. The Morgan fingerprint density at radius 2 is 1.94 bits per heavy atom. The van der Waals surface area contributed by atoms with Crippen molar-refractivity contribution >= 4 is 17.3 Å². The molecular formula is C13H16N4O. The van der Waals surface area contributed by atoms with Gasteiger partial charge in [0.25, 0.3) is 5.91 Å². The number of aromatic nitrogens is 2. The predicted molar refractivity (Wildman–Crippen MR) is 71.5 cm³/mol. The first-order chi connectivity index (χ1) is 8.47. The van der Waals surface area contributed by atoms with Crippen molar-refractivity contribution in [1.29, 1.82) is 0 Å². The molecule has 94 valence electrons. The molecule has 0 saturated carbocycles. The summed E-state index contributed by atoms with van der Waals surface area (Å²) < 4.78 is 1.59. The number of hydrogen-bond donors (Lipinski definition) is 2. The van der Waals surface area contributed by atoms with E-state index in [0.29, 0.717) is 11.3 Å². The molecule has 0 saturated heterocycles. The van der Waals surface area contributed by atoms with Crippen molar-refractivity contribution in [2.45, 2.75) is 13.8 Å². The second-order valence-electron chi connectivity index (χ2n) is 4.39. The summed E-state index contributed by atoms with van der Waals surface area (Å²) in [4.78, 5) is 12.0. The van der Waals surface area contributed by atoms with E-state index in [2.05, 4.69) is 10.4 Å². The maximum Gasteiger partial charge on any atom is 0.258 e. The van der Waals surface area contributed by atoms with E-state index in [1.165, 1.54) is 6.20 Å². The van der Waals surface area contributed by atoms with Crippen LogP contribution >= 0.6 is 0 Å². The van der Waals surface area contributed by atoms with E-state index in [-0.39, 0.29) is 5.91 Å². The molecule has 0 bridgehead atoms. The number of nitrogens with one attached hydrogen (secondary N) is 1. The summed E-state index contributed by atoms with van der Waals surface area (Å²) in [6.07, 6.45) is 3.22. The fraction of sp³-hybridized carbons (Fsp3) is 0.231. The van der Waals surface area contributed by atoms with Crippen LogP contribution in [0.4, 0.5) is 11.4 Å². The third-order valence-electron chi connectivity index (χ3n) is 2.76. The van der Waals surface area contributed by atoms with Gasteiger partial charge in [-0.05, 0) is 37.1 Å². The third-order valence-corrected chi connectivity index (χ3v) is 2.76. The Labute approximate surface area is 106 Å². The molecule has 5 nitrogen and oxygen atoms in total. The van der Waals surface area contributed by atoms with Gasteiger partial charge in [0.2, 0.25) is 0 Å². The third kappa shape index (κ3) is 2.34. The van der Waals surface area contributed by atoms with Crippen LogP contribution in [0.3, 0.4) is 0 Å². The highest BCUT2D eigenvalue weighted by Gasteiger charge is 2.11. The number of amides is 1. The van der Waals surface area contributed by atoms with Crippen LogP contribution in [0.2, 0.25) is 0 Å². The second kappa shape index (κ2) is 4.52. The second-order valence-corrected chi connectivity index (χ2v) is 4.39. The summed E-state index contributed by atoms with van der Waals surface area (Å²) in [5.41, 5.74) is 9.68. The first-order valence-electron chi connectivity index (χ1n) is 5.64. The SMILES string of the molecule is Cc1cc(N)cc(C)c1NC(=O)c1cnn(C)c1. The van der Waals surface area contributed by atoms with Crippen LogP contribution in [0.15, 0.2) is 24.5 Å². The number of nitrogens with two attached hydrogens (primary N) is 1. The van der Waals surface area contributed by atoms with E-state index in [0.717, 1.165) is 16.8 Å². The van der Waals surface area contributed by atoms with Crippen molar-refractivity contribution < 1.29 is 4.79 Å². The molecule has 1 amide bonds. The zero-order chi connectivity index (χ0) is 13.3. The number of carbonyl (C=O) groups excluding carboxylic acids is 1. The Bertz CT molecular complexity index is 578. The van der Waals surface area contributed by atoms with Crippen molar-refractivity contribution in [1.82, 2.24) is 9.78 Å². The quantitative estimate of drug-likeness (QED) is 0.792. The Hall–Kier alpha value is -2.30. The zero-order valence-electron chi connectivity index (χ0n) is 10.7. The highest BCUT2D eigenvalue weighted by molar-refractivity contribution is 6.04. The van der Waals surface area contributed by atoms with E-state index in [1.54, 1.807) is 17.9 Å². The summed E-state index contributed by atoms with van der Waals surface area (Å²) >= 11 is 0. The maximum absolute atomic E-state index is 12.0. The molecule has 5 heteroatoms. The normalized spacial score (nSPS) is 10.4.